The zero-order valence-corrected chi connectivity index (χ0v) is 11.5. The van der Waals surface area contributed by atoms with Crippen molar-refractivity contribution in [1.29, 1.82) is 0 Å². The fourth-order valence-electron chi connectivity index (χ4n) is 1.92. The van der Waals surface area contributed by atoms with Crippen molar-refractivity contribution in [3.05, 3.63) is 64.5 Å². The van der Waals surface area contributed by atoms with Crippen LogP contribution in [-0.4, -0.2) is 5.91 Å². The minimum Gasteiger partial charge on any atom is -0.398 e. The maximum absolute atomic E-state index is 13.4. The zero-order chi connectivity index (χ0) is 14.7. The third kappa shape index (κ3) is 2.96. The molecule has 0 fully saturated rings. The first-order valence-electron chi connectivity index (χ1n) is 6.37. The molecule has 20 heavy (non-hydrogen) atoms. The molecular weight excluding hydrogens is 255 g/mol. The van der Waals surface area contributed by atoms with Crippen LogP contribution in [0.3, 0.4) is 0 Å². The summed E-state index contributed by atoms with van der Waals surface area (Å²) in [5.74, 6) is -0.479. The quantitative estimate of drug-likeness (QED) is 0.844. The second-order valence-corrected chi connectivity index (χ2v) is 4.79. The number of rotatable bonds is 3. The lowest BCUT2D eigenvalue weighted by Gasteiger charge is -2.10. The third-order valence-electron chi connectivity index (χ3n) is 3.31. The smallest absolute Gasteiger partial charge is 0.251 e. The van der Waals surface area contributed by atoms with Crippen molar-refractivity contribution in [2.24, 2.45) is 0 Å². The highest BCUT2D eigenvalue weighted by Gasteiger charge is 2.10. The number of carbonyl (C=O) groups excluding carboxylic acids is 1. The van der Waals surface area contributed by atoms with E-state index in [0.717, 1.165) is 11.1 Å². The average Bonchev–Trinajstić information content (AvgIpc) is 2.43. The van der Waals surface area contributed by atoms with Crippen LogP contribution in [0.2, 0.25) is 0 Å². The van der Waals surface area contributed by atoms with Crippen LogP contribution in [0.1, 0.15) is 27.0 Å². The number of nitrogen functional groups attached to an aromatic ring is 1. The molecule has 0 aliphatic rings. The second kappa shape index (κ2) is 5.74. The summed E-state index contributed by atoms with van der Waals surface area (Å²) >= 11 is 0. The molecule has 0 aromatic heterocycles. The molecule has 0 heterocycles. The van der Waals surface area contributed by atoms with Crippen LogP contribution in [0.25, 0.3) is 0 Å². The van der Waals surface area contributed by atoms with Crippen LogP contribution in [0.15, 0.2) is 36.4 Å². The van der Waals surface area contributed by atoms with E-state index in [4.69, 9.17) is 5.73 Å². The van der Waals surface area contributed by atoms with Crippen molar-refractivity contribution in [3.8, 4) is 0 Å². The number of hydrogen-bond acceptors (Lipinski definition) is 2. The van der Waals surface area contributed by atoms with Crippen LogP contribution in [0, 0.1) is 19.7 Å². The molecule has 0 aliphatic heterocycles. The summed E-state index contributed by atoms with van der Waals surface area (Å²) in [5, 5.41) is 2.77. The summed E-state index contributed by atoms with van der Waals surface area (Å²) in [6.07, 6.45) is 0. The number of nitrogens with one attached hydrogen (secondary N) is 1. The van der Waals surface area contributed by atoms with Crippen molar-refractivity contribution in [2.75, 3.05) is 5.73 Å². The van der Waals surface area contributed by atoms with Gasteiger partial charge in [-0.05, 0) is 48.7 Å². The fraction of sp³-hybridized carbons (Fsp3) is 0.188. The van der Waals surface area contributed by atoms with Gasteiger partial charge in [0.2, 0.25) is 0 Å². The first-order chi connectivity index (χ1) is 9.49. The molecule has 1 amide bonds. The number of nitrogens with two attached hydrogens (primary N) is 1. The Morgan fingerprint density at radius 3 is 2.70 bits per heavy atom. The molecule has 0 bridgehead atoms. The Balaban J connectivity index is 2.08. The normalized spacial score (nSPS) is 10.3. The molecule has 2 aromatic carbocycles. The Bertz CT molecular complexity index is 653. The van der Waals surface area contributed by atoms with Crippen LogP contribution in [-0.2, 0) is 6.54 Å². The molecule has 0 radical (unpaired) electrons. The number of hydrogen-bond donors (Lipinski definition) is 2. The van der Waals surface area contributed by atoms with E-state index >= 15 is 0 Å². The number of amides is 1. The zero-order valence-electron chi connectivity index (χ0n) is 11.5. The Morgan fingerprint density at radius 2 is 2.00 bits per heavy atom. The van der Waals surface area contributed by atoms with Crippen LogP contribution in [0.5, 0.6) is 0 Å². The van der Waals surface area contributed by atoms with Gasteiger partial charge in [-0.1, -0.05) is 18.2 Å². The highest BCUT2D eigenvalue weighted by Crippen LogP contribution is 2.15. The molecule has 3 N–H and O–H groups in total. The first-order valence-corrected chi connectivity index (χ1v) is 6.37. The fourth-order valence-corrected chi connectivity index (χ4v) is 1.92. The van der Waals surface area contributed by atoms with E-state index in [1.165, 1.54) is 6.07 Å². The lowest BCUT2D eigenvalue weighted by Crippen LogP contribution is -2.24. The number of carbonyl (C=O) groups is 1. The van der Waals surface area contributed by atoms with E-state index in [0.29, 0.717) is 16.8 Å². The molecule has 0 spiro atoms. The number of halogens is 1. The van der Waals surface area contributed by atoms with Gasteiger partial charge in [0.1, 0.15) is 5.82 Å². The maximum atomic E-state index is 13.4. The summed E-state index contributed by atoms with van der Waals surface area (Å²) in [5.41, 5.74) is 8.96. The molecule has 0 atom stereocenters. The minimum absolute atomic E-state index is 0.212. The van der Waals surface area contributed by atoms with E-state index in [9.17, 15) is 9.18 Å². The summed E-state index contributed by atoms with van der Waals surface area (Å²) in [6, 6.07) is 10.1. The number of benzene rings is 2. The molecule has 2 rings (SSSR count). The van der Waals surface area contributed by atoms with E-state index in [1.54, 1.807) is 44.2 Å². The molecule has 0 aliphatic carbocycles. The first kappa shape index (κ1) is 14.1. The van der Waals surface area contributed by atoms with Gasteiger partial charge >= 0.3 is 0 Å². The van der Waals surface area contributed by atoms with Gasteiger partial charge in [-0.2, -0.15) is 0 Å². The van der Waals surface area contributed by atoms with Crippen molar-refractivity contribution in [3.63, 3.8) is 0 Å². The molecule has 104 valence electrons. The van der Waals surface area contributed by atoms with Gasteiger partial charge in [0.15, 0.2) is 0 Å². The largest absolute Gasteiger partial charge is 0.398 e. The Labute approximate surface area is 117 Å². The van der Waals surface area contributed by atoms with Crippen molar-refractivity contribution < 1.29 is 9.18 Å². The summed E-state index contributed by atoms with van der Waals surface area (Å²) in [4.78, 5) is 12.1. The van der Waals surface area contributed by atoms with Gasteiger partial charge in [-0.25, -0.2) is 4.39 Å². The number of aryl methyl sites for hydroxylation is 1. The molecule has 2 aromatic rings. The van der Waals surface area contributed by atoms with Gasteiger partial charge in [-0.3, -0.25) is 4.79 Å². The molecule has 3 nitrogen and oxygen atoms in total. The Hall–Kier alpha value is -2.36. The van der Waals surface area contributed by atoms with Gasteiger partial charge in [0, 0.05) is 17.8 Å². The van der Waals surface area contributed by atoms with Gasteiger partial charge in [0.25, 0.3) is 5.91 Å². The standard InChI is InChI=1S/C16H17FN2O/c1-10-6-7-12(8-14(10)17)9-19-16(20)13-4-3-5-15(18)11(13)2/h3-8H,9,18H2,1-2H3,(H,19,20). The van der Waals surface area contributed by atoms with Gasteiger partial charge in [-0.15, -0.1) is 0 Å². The monoisotopic (exact) mass is 272 g/mol. The van der Waals surface area contributed by atoms with Gasteiger partial charge < -0.3 is 11.1 Å². The molecule has 0 saturated carbocycles. The lowest BCUT2D eigenvalue weighted by molar-refractivity contribution is 0.0950. The van der Waals surface area contributed by atoms with Crippen LogP contribution >= 0.6 is 0 Å². The van der Waals surface area contributed by atoms with Crippen LogP contribution in [0.4, 0.5) is 10.1 Å². The van der Waals surface area contributed by atoms with Crippen molar-refractivity contribution >= 4 is 11.6 Å². The summed E-state index contributed by atoms with van der Waals surface area (Å²) in [6.45, 7) is 3.79. The average molecular weight is 272 g/mol. The van der Waals surface area contributed by atoms with Gasteiger partial charge in [0.05, 0.1) is 0 Å². The third-order valence-corrected chi connectivity index (χ3v) is 3.31. The second-order valence-electron chi connectivity index (χ2n) is 4.79. The highest BCUT2D eigenvalue weighted by atomic mass is 19.1. The van der Waals surface area contributed by atoms with Crippen molar-refractivity contribution in [2.45, 2.75) is 20.4 Å². The maximum Gasteiger partial charge on any atom is 0.251 e. The van der Waals surface area contributed by atoms with Crippen molar-refractivity contribution in [1.82, 2.24) is 5.32 Å². The predicted molar refractivity (Wildman–Crippen MR) is 77.9 cm³/mol. The lowest BCUT2D eigenvalue weighted by atomic mass is 10.1. The highest BCUT2D eigenvalue weighted by molar-refractivity contribution is 5.96. The predicted octanol–water partition coefficient (Wildman–Crippen LogP) is 2.95. The Kier molecular flexibility index (Phi) is 4.03. The van der Waals surface area contributed by atoms with E-state index in [2.05, 4.69) is 5.32 Å². The Morgan fingerprint density at radius 1 is 1.25 bits per heavy atom. The molecule has 0 unspecified atom stereocenters. The molecule has 0 saturated heterocycles. The summed E-state index contributed by atoms with van der Waals surface area (Å²) in [7, 11) is 0. The van der Waals surface area contributed by atoms with E-state index < -0.39 is 0 Å². The van der Waals surface area contributed by atoms with Crippen LogP contribution < -0.4 is 11.1 Å². The molecule has 4 heteroatoms. The minimum atomic E-state index is -0.267. The summed E-state index contributed by atoms with van der Waals surface area (Å²) < 4.78 is 13.4. The van der Waals surface area contributed by atoms with E-state index in [-0.39, 0.29) is 18.3 Å². The number of anilines is 1. The van der Waals surface area contributed by atoms with E-state index in [1.807, 2.05) is 0 Å². The molecular formula is C16H17FN2O. The topological polar surface area (TPSA) is 55.1 Å². The SMILES string of the molecule is Cc1ccc(CNC(=O)c2cccc(N)c2C)cc1F.